The van der Waals surface area contributed by atoms with Crippen LogP contribution in [0.4, 0.5) is 0 Å². The van der Waals surface area contributed by atoms with Crippen LogP contribution in [0.3, 0.4) is 0 Å². The Labute approximate surface area is 58.7 Å². The van der Waals surface area contributed by atoms with E-state index in [4.69, 9.17) is 10.2 Å². The smallest absolute Gasteiger partial charge is 0.333 e. The molecule has 0 radical (unpaired) electrons. The van der Waals surface area contributed by atoms with E-state index in [-0.39, 0.29) is 13.2 Å². The van der Waals surface area contributed by atoms with Crippen molar-refractivity contribution >= 4 is 5.97 Å². The Bertz CT molecular complexity index is 119. The maximum Gasteiger partial charge on any atom is 0.333 e. The summed E-state index contributed by atoms with van der Waals surface area (Å²) in [5.41, 5.74) is 0. The number of carbonyl (C=O) groups excluding carboxylic acids is 1. The van der Waals surface area contributed by atoms with E-state index in [2.05, 4.69) is 4.74 Å². The van der Waals surface area contributed by atoms with E-state index in [1.807, 2.05) is 0 Å². The molecule has 10 heavy (non-hydrogen) atoms. The SMILES string of the molecule is O=C(C=CO)OCCCO. The number of hydrogen-bond donors (Lipinski definition) is 2. The predicted molar refractivity (Wildman–Crippen MR) is 34.4 cm³/mol. The van der Waals surface area contributed by atoms with Gasteiger partial charge in [-0.15, -0.1) is 0 Å². The topological polar surface area (TPSA) is 66.8 Å². The first-order valence-corrected chi connectivity index (χ1v) is 2.89. The van der Waals surface area contributed by atoms with Crippen LogP contribution >= 0.6 is 0 Å². The largest absolute Gasteiger partial charge is 0.515 e. The minimum atomic E-state index is -0.601. The molecule has 0 fully saturated rings. The Hall–Kier alpha value is -1.03. The third-order valence-corrected chi connectivity index (χ3v) is 0.757. The van der Waals surface area contributed by atoms with Gasteiger partial charge in [-0.2, -0.15) is 0 Å². The molecule has 0 aliphatic heterocycles. The fraction of sp³-hybridized carbons (Fsp3) is 0.500. The first kappa shape index (κ1) is 8.97. The molecule has 58 valence electrons. The van der Waals surface area contributed by atoms with Crippen LogP contribution in [0, 0.1) is 0 Å². The fourth-order valence-corrected chi connectivity index (χ4v) is 0.346. The van der Waals surface area contributed by atoms with Gasteiger partial charge in [0.1, 0.15) is 0 Å². The summed E-state index contributed by atoms with van der Waals surface area (Å²) in [6.07, 6.45) is 1.93. The summed E-state index contributed by atoms with van der Waals surface area (Å²) in [6.45, 7) is 0.176. The van der Waals surface area contributed by atoms with E-state index in [0.717, 1.165) is 6.08 Å². The molecule has 0 saturated heterocycles. The average molecular weight is 146 g/mol. The quantitative estimate of drug-likeness (QED) is 0.253. The number of hydrogen-bond acceptors (Lipinski definition) is 4. The zero-order chi connectivity index (χ0) is 7.82. The zero-order valence-corrected chi connectivity index (χ0v) is 5.49. The summed E-state index contributed by atoms with van der Waals surface area (Å²) in [5, 5.41) is 16.3. The van der Waals surface area contributed by atoms with E-state index in [9.17, 15) is 4.79 Å². The molecule has 0 bridgehead atoms. The second kappa shape index (κ2) is 6.10. The minimum Gasteiger partial charge on any atom is -0.515 e. The standard InChI is InChI=1S/C6H10O4/c7-3-1-5-10-6(9)2-4-8/h2,4,7-8H,1,3,5H2. The van der Waals surface area contributed by atoms with Gasteiger partial charge in [0.15, 0.2) is 0 Å². The number of ether oxygens (including phenoxy) is 1. The Balaban J connectivity index is 3.22. The second-order valence-corrected chi connectivity index (χ2v) is 1.56. The molecular weight excluding hydrogens is 136 g/mol. The molecule has 0 saturated carbocycles. The van der Waals surface area contributed by atoms with Crippen LogP contribution in [0.15, 0.2) is 12.3 Å². The van der Waals surface area contributed by atoms with Gasteiger partial charge >= 0.3 is 5.97 Å². The summed E-state index contributed by atoms with van der Waals surface area (Å²) in [7, 11) is 0. The fourth-order valence-electron chi connectivity index (χ4n) is 0.346. The summed E-state index contributed by atoms with van der Waals surface area (Å²) >= 11 is 0. The Morgan fingerprint density at radius 3 is 2.80 bits per heavy atom. The summed E-state index contributed by atoms with van der Waals surface area (Å²) in [6, 6.07) is 0. The predicted octanol–water partition coefficient (Wildman–Crippen LogP) is -0.0163. The van der Waals surface area contributed by atoms with E-state index >= 15 is 0 Å². The number of rotatable bonds is 4. The Morgan fingerprint density at radius 2 is 2.30 bits per heavy atom. The van der Waals surface area contributed by atoms with Gasteiger partial charge in [-0.1, -0.05) is 0 Å². The summed E-state index contributed by atoms with van der Waals surface area (Å²) in [5.74, 6) is -0.601. The van der Waals surface area contributed by atoms with E-state index in [1.165, 1.54) is 0 Å². The van der Waals surface area contributed by atoms with Crippen LogP contribution in [0.5, 0.6) is 0 Å². The monoisotopic (exact) mass is 146 g/mol. The lowest BCUT2D eigenvalue weighted by Gasteiger charge is -1.97. The van der Waals surface area contributed by atoms with E-state index in [0.29, 0.717) is 12.7 Å². The number of esters is 1. The van der Waals surface area contributed by atoms with Gasteiger partial charge in [0.2, 0.25) is 0 Å². The molecule has 0 amide bonds. The van der Waals surface area contributed by atoms with Gasteiger partial charge < -0.3 is 14.9 Å². The van der Waals surface area contributed by atoms with Crippen molar-refractivity contribution in [1.29, 1.82) is 0 Å². The van der Waals surface area contributed by atoms with E-state index < -0.39 is 5.97 Å². The summed E-state index contributed by atoms with van der Waals surface area (Å²) in [4.78, 5) is 10.4. The molecule has 0 aromatic carbocycles. The van der Waals surface area contributed by atoms with Gasteiger partial charge in [-0.25, -0.2) is 4.79 Å². The maximum atomic E-state index is 10.4. The van der Waals surface area contributed by atoms with Crippen LogP contribution in [-0.4, -0.2) is 29.4 Å². The Kier molecular flexibility index (Phi) is 5.47. The van der Waals surface area contributed by atoms with Crippen molar-refractivity contribution in [2.75, 3.05) is 13.2 Å². The van der Waals surface area contributed by atoms with Crippen LogP contribution in [-0.2, 0) is 9.53 Å². The van der Waals surface area contributed by atoms with Crippen molar-refractivity contribution in [2.45, 2.75) is 6.42 Å². The lowest BCUT2D eigenvalue weighted by molar-refractivity contribution is -0.138. The normalized spacial score (nSPS) is 10.1. The van der Waals surface area contributed by atoms with Crippen molar-refractivity contribution in [2.24, 2.45) is 0 Å². The first-order valence-electron chi connectivity index (χ1n) is 2.89. The third-order valence-electron chi connectivity index (χ3n) is 0.757. The first-order chi connectivity index (χ1) is 4.81. The molecule has 0 atom stereocenters. The molecule has 0 heterocycles. The van der Waals surface area contributed by atoms with Crippen LogP contribution < -0.4 is 0 Å². The van der Waals surface area contributed by atoms with Crippen molar-refractivity contribution in [3.63, 3.8) is 0 Å². The molecule has 0 aliphatic carbocycles. The highest BCUT2D eigenvalue weighted by Crippen LogP contribution is 1.83. The van der Waals surface area contributed by atoms with Gasteiger partial charge in [0.05, 0.1) is 18.9 Å². The number of aliphatic hydroxyl groups excluding tert-OH is 2. The van der Waals surface area contributed by atoms with Crippen molar-refractivity contribution < 1.29 is 19.7 Å². The minimum absolute atomic E-state index is 0.00385. The van der Waals surface area contributed by atoms with Crippen LogP contribution in [0.25, 0.3) is 0 Å². The average Bonchev–Trinajstić information content (AvgIpc) is 1.89. The summed E-state index contributed by atoms with van der Waals surface area (Å²) < 4.78 is 4.48. The molecular formula is C6H10O4. The highest BCUT2D eigenvalue weighted by molar-refractivity contribution is 5.81. The molecule has 4 heteroatoms. The molecule has 0 aromatic rings. The van der Waals surface area contributed by atoms with Gasteiger partial charge in [0.25, 0.3) is 0 Å². The van der Waals surface area contributed by atoms with Crippen molar-refractivity contribution in [3.05, 3.63) is 12.3 Å². The molecule has 0 spiro atoms. The second-order valence-electron chi connectivity index (χ2n) is 1.56. The van der Waals surface area contributed by atoms with Crippen LogP contribution in [0.2, 0.25) is 0 Å². The van der Waals surface area contributed by atoms with Gasteiger partial charge in [0, 0.05) is 13.0 Å². The van der Waals surface area contributed by atoms with E-state index in [1.54, 1.807) is 0 Å². The Morgan fingerprint density at radius 1 is 1.60 bits per heavy atom. The zero-order valence-electron chi connectivity index (χ0n) is 5.49. The molecule has 0 aliphatic rings. The van der Waals surface area contributed by atoms with Crippen LogP contribution in [0.1, 0.15) is 6.42 Å². The maximum absolute atomic E-state index is 10.4. The highest BCUT2D eigenvalue weighted by atomic mass is 16.5. The number of aliphatic hydroxyl groups is 2. The number of carbonyl (C=O) groups is 1. The lowest BCUT2D eigenvalue weighted by Crippen LogP contribution is -2.03. The molecule has 0 unspecified atom stereocenters. The highest BCUT2D eigenvalue weighted by Gasteiger charge is 1.93. The van der Waals surface area contributed by atoms with Crippen molar-refractivity contribution in [1.82, 2.24) is 0 Å². The third kappa shape index (κ3) is 5.11. The van der Waals surface area contributed by atoms with Gasteiger partial charge in [-0.05, 0) is 0 Å². The van der Waals surface area contributed by atoms with Crippen molar-refractivity contribution in [3.8, 4) is 0 Å². The molecule has 0 aromatic heterocycles. The molecule has 4 nitrogen and oxygen atoms in total. The lowest BCUT2D eigenvalue weighted by atomic mass is 10.5. The molecule has 2 N–H and O–H groups in total. The molecule has 0 rings (SSSR count). The van der Waals surface area contributed by atoms with Gasteiger partial charge in [-0.3, -0.25) is 0 Å².